The third kappa shape index (κ3) is 55.4. The first-order valence-electron chi connectivity index (χ1n) is 30.5. The molecule has 12 heteroatoms. The molecule has 0 rings (SSSR count). The van der Waals surface area contributed by atoms with Crippen molar-refractivity contribution in [3.8, 4) is 0 Å². The highest BCUT2D eigenvalue weighted by Crippen LogP contribution is 2.43. The molecule has 3 atom stereocenters. The predicted octanol–water partition coefficient (Wildman–Crippen LogP) is 18.3. The van der Waals surface area contributed by atoms with Gasteiger partial charge in [0, 0.05) is 19.3 Å². The summed E-state index contributed by atoms with van der Waals surface area (Å²) in [6.07, 6.45) is 66.9. The summed E-state index contributed by atoms with van der Waals surface area (Å²) in [7, 11) is -4.77. The number of rotatable bonds is 56. The Kier molecular flexibility index (Phi) is 55.3. The molecule has 3 unspecified atom stereocenters. The van der Waals surface area contributed by atoms with Gasteiger partial charge in [0.1, 0.15) is 12.7 Å². The molecule has 0 aliphatic rings. The third-order valence-corrected chi connectivity index (χ3v) is 13.8. The highest BCUT2D eigenvalue weighted by atomic mass is 31.2. The van der Waals surface area contributed by atoms with Crippen LogP contribution in [0.15, 0.2) is 85.1 Å². The Labute approximate surface area is 464 Å². The van der Waals surface area contributed by atoms with E-state index in [0.717, 1.165) is 77.0 Å². The molecule has 0 spiro atoms. The summed E-state index contributed by atoms with van der Waals surface area (Å²) < 4.78 is 39.5. The zero-order valence-electron chi connectivity index (χ0n) is 48.5. The molecule has 0 aromatic rings. The molecular formula is C64H111O11P. The average molecular weight is 1090 g/mol. The quantitative estimate of drug-likeness (QED) is 0.0197. The van der Waals surface area contributed by atoms with Crippen LogP contribution in [0.2, 0.25) is 0 Å². The number of carbonyl (C=O) groups is 3. The SMILES string of the molecule is CC/C=C\C/C=C\C/C=C\C/C=C\C/C=C\C/C=C\CCC(=O)OC(COC(=O)CCCCCCCCC/C=C\CCCCCCCC)COP(=O)(O)OCC(CO)OC(=O)CCCCCCCCCCCCCCC. The summed E-state index contributed by atoms with van der Waals surface area (Å²) in [6.45, 7) is 4.46. The van der Waals surface area contributed by atoms with Gasteiger partial charge >= 0.3 is 25.7 Å². The lowest BCUT2D eigenvalue weighted by atomic mass is 10.0. The van der Waals surface area contributed by atoms with Crippen molar-refractivity contribution < 1.29 is 52.2 Å². The summed E-state index contributed by atoms with van der Waals surface area (Å²) >= 11 is 0. The van der Waals surface area contributed by atoms with Crippen LogP contribution in [0, 0.1) is 0 Å². The smallest absolute Gasteiger partial charge is 0.462 e. The molecule has 0 saturated heterocycles. The van der Waals surface area contributed by atoms with Crippen LogP contribution in [0.5, 0.6) is 0 Å². The molecule has 0 saturated carbocycles. The first-order valence-corrected chi connectivity index (χ1v) is 32.0. The number of allylic oxidation sites excluding steroid dienone is 14. The van der Waals surface area contributed by atoms with E-state index in [2.05, 4.69) is 93.7 Å². The standard InChI is InChI=1S/C64H111O11P/c1-4-7-10-13-16-19-22-25-27-29-30-32-34-37-40-43-46-49-52-55-64(68)75-61(57-71-62(66)53-50-47-44-41-38-36-33-31-28-26-23-20-17-14-11-8-5-2)59-73-76(69,70)72-58-60(56-65)74-63(67)54-51-48-45-42-39-35-24-21-18-15-12-9-6-3/h7,10,16,19,25-28,30,32,37,40,46,49,60-61,65H,4-6,8-9,11-15,17-18,20-24,29,31,33-36,38-39,41-45,47-48,50-59H2,1-3H3,(H,69,70)/b10-7-,19-16-,27-25-,28-26-,32-30-,40-37-,49-46-. The van der Waals surface area contributed by atoms with Crippen LogP contribution >= 0.6 is 7.82 Å². The third-order valence-electron chi connectivity index (χ3n) is 12.8. The van der Waals surface area contributed by atoms with Crippen LogP contribution in [-0.2, 0) is 42.2 Å². The Morgan fingerprint density at radius 2 is 0.711 bits per heavy atom. The average Bonchev–Trinajstić information content (AvgIpc) is 3.41. The topological polar surface area (TPSA) is 155 Å². The summed E-state index contributed by atoms with van der Waals surface area (Å²) in [6, 6.07) is 0. The molecule has 0 radical (unpaired) electrons. The number of esters is 3. The number of ether oxygens (including phenoxy) is 3. The minimum absolute atomic E-state index is 0.0404. The summed E-state index contributed by atoms with van der Waals surface area (Å²) in [5.41, 5.74) is 0. The molecule has 0 fully saturated rings. The van der Waals surface area contributed by atoms with Crippen LogP contribution in [0.25, 0.3) is 0 Å². The summed E-state index contributed by atoms with van der Waals surface area (Å²) in [5.74, 6) is -1.57. The Morgan fingerprint density at radius 1 is 0.382 bits per heavy atom. The van der Waals surface area contributed by atoms with Crippen LogP contribution in [0.1, 0.15) is 265 Å². The fourth-order valence-corrected chi connectivity index (χ4v) is 8.99. The highest BCUT2D eigenvalue weighted by molar-refractivity contribution is 7.47. The van der Waals surface area contributed by atoms with Crippen molar-refractivity contribution in [2.45, 2.75) is 277 Å². The van der Waals surface area contributed by atoms with Crippen molar-refractivity contribution in [2.24, 2.45) is 0 Å². The number of carbonyl (C=O) groups excluding carboxylic acids is 3. The van der Waals surface area contributed by atoms with Gasteiger partial charge in [0.15, 0.2) is 6.10 Å². The largest absolute Gasteiger partial charge is 0.472 e. The number of phosphoric ester groups is 1. The molecule has 76 heavy (non-hydrogen) atoms. The van der Waals surface area contributed by atoms with Gasteiger partial charge in [-0.15, -0.1) is 0 Å². The van der Waals surface area contributed by atoms with E-state index in [-0.39, 0.29) is 25.9 Å². The molecular weight excluding hydrogens is 976 g/mol. The summed E-state index contributed by atoms with van der Waals surface area (Å²) in [5, 5.41) is 9.82. The number of hydrogen-bond donors (Lipinski definition) is 2. The normalized spacial score (nSPS) is 13.9. The molecule has 2 N–H and O–H groups in total. The maximum absolute atomic E-state index is 12.9. The molecule has 0 heterocycles. The summed E-state index contributed by atoms with van der Waals surface area (Å²) in [4.78, 5) is 48.6. The van der Waals surface area contributed by atoms with E-state index >= 15 is 0 Å². The molecule has 0 aliphatic carbocycles. The fourth-order valence-electron chi connectivity index (χ4n) is 8.20. The van der Waals surface area contributed by atoms with Gasteiger partial charge < -0.3 is 24.2 Å². The fraction of sp³-hybridized carbons (Fsp3) is 0.734. The van der Waals surface area contributed by atoms with Crippen molar-refractivity contribution in [2.75, 3.05) is 26.4 Å². The van der Waals surface area contributed by atoms with Crippen LogP contribution in [0.3, 0.4) is 0 Å². The molecule has 438 valence electrons. The second kappa shape index (κ2) is 57.8. The van der Waals surface area contributed by atoms with Crippen molar-refractivity contribution in [3.05, 3.63) is 85.1 Å². The second-order valence-corrected chi connectivity index (χ2v) is 21.6. The van der Waals surface area contributed by atoms with E-state index in [9.17, 15) is 28.9 Å². The van der Waals surface area contributed by atoms with Gasteiger partial charge in [-0.1, -0.05) is 247 Å². The van der Waals surface area contributed by atoms with Crippen molar-refractivity contribution in [1.82, 2.24) is 0 Å². The van der Waals surface area contributed by atoms with Crippen LogP contribution < -0.4 is 0 Å². The number of phosphoric acid groups is 1. The van der Waals surface area contributed by atoms with Gasteiger partial charge in [-0.25, -0.2) is 4.57 Å². The van der Waals surface area contributed by atoms with Gasteiger partial charge in [-0.2, -0.15) is 0 Å². The Bertz CT molecular complexity index is 1600. The van der Waals surface area contributed by atoms with Gasteiger partial charge in [0.05, 0.1) is 19.8 Å². The highest BCUT2D eigenvalue weighted by Gasteiger charge is 2.28. The zero-order chi connectivity index (χ0) is 55.5. The molecule has 0 amide bonds. The van der Waals surface area contributed by atoms with Gasteiger partial charge in [-0.3, -0.25) is 23.4 Å². The molecule has 0 aromatic carbocycles. The van der Waals surface area contributed by atoms with Gasteiger partial charge in [-0.05, 0) is 83.5 Å². The lowest BCUT2D eigenvalue weighted by molar-refractivity contribution is -0.161. The molecule has 11 nitrogen and oxygen atoms in total. The first-order chi connectivity index (χ1) is 37.2. The maximum atomic E-state index is 12.9. The Morgan fingerprint density at radius 3 is 1.13 bits per heavy atom. The first kappa shape index (κ1) is 72.7. The predicted molar refractivity (Wildman–Crippen MR) is 316 cm³/mol. The minimum Gasteiger partial charge on any atom is -0.462 e. The van der Waals surface area contributed by atoms with Crippen molar-refractivity contribution in [1.29, 1.82) is 0 Å². The Hall–Kier alpha value is -3.34. The van der Waals surface area contributed by atoms with E-state index in [4.69, 9.17) is 23.3 Å². The lowest BCUT2D eigenvalue weighted by Crippen LogP contribution is -2.30. The minimum atomic E-state index is -4.77. The zero-order valence-corrected chi connectivity index (χ0v) is 49.3. The number of unbranched alkanes of at least 4 members (excludes halogenated alkanes) is 25. The number of hydrogen-bond acceptors (Lipinski definition) is 10. The van der Waals surface area contributed by atoms with Gasteiger partial charge in [0.25, 0.3) is 0 Å². The number of aliphatic hydroxyl groups is 1. The van der Waals surface area contributed by atoms with E-state index in [1.54, 1.807) is 0 Å². The van der Waals surface area contributed by atoms with Crippen molar-refractivity contribution >= 4 is 25.7 Å². The molecule has 0 aromatic heterocycles. The van der Waals surface area contributed by atoms with Crippen LogP contribution in [0.4, 0.5) is 0 Å². The Balaban J connectivity index is 4.83. The van der Waals surface area contributed by atoms with Crippen molar-refractivity contribution in [3.63, 3.8) is 0 Å². The van der Waals surface area contributed by atoms with Gasteiger partial charge in [0.2, 0.25) is 0 Å². The van der Waals surface area contributed by atoms with E-state index in [1.165, 1.54) is 122 Å². The van der Waals surface area contributed by atoms with Crippen LogP contribution in [-0.4, -0.2) is 66.5 Å². The van der Waals surface area contributed by atoms with E-state index in [1.807, 2.05) is 12.2 Å². The van der Waals surface area contributed by atoms with E-state index in [0.29, 0.717) is 25.7 Å². The second-order valence-electron chi connectivity index (χ2n) is 20.1. The molecule has 0 aliphatic heterocycles. The van der Waals surface area contributed by atoms with E-state index < -0.39 is 57.8 Å². The number of aliphatic hydroxyl groups excluding tert-OH is 1. The monoisotopic (exact) mass is 1090 g/mol. The lowest BCUT2D eigenvalue weighted by Gasteiger charge is -2.21. The maximum Gasteiger partial charge on any atom is 0.472 e. The molecule has 0 bridgehead atoms.